The maximum absolute atomic E-state index is 13.6. The molecule has 2 amide bonds. The van der Waals surface area contributed by atoms with Gasteiger partial charge in [0.25, 0.3) is 5.91 Å². The molecule has 0 bridgehead atoms. The molecule has 3 atom stereocenters. The monoisotopic (exact) mass is 510 g/mol. The van der Waals surface area contributed by atoms with Gasteiger partial charge in [-0.15, -0.1) is 0 Å². The van der Waals surface area contributed by atoms with E-state index in [4.69, 9.17) is 21.4 Å². The van der Waals surface area contributed by atoms with E-state index in [0.717, 1.165) is 5.56 Å². The number of carboxylic acids is 1. The molecule has 0 saturated carbocycles. The quantitative estimate of drug-likeness (QED) is 0.464. The van der Waals surface area contributed by atoms with E-state index in [1.54, 1.807) is 34.1 Å². The van der Waals surface area contributed by atoms with Crippen molar-refractivity contribution in [3.63, 3.8) is 0 Å². The Morgan fingerprint density at radius 2 is 1.69 bits per heavy atom. The van der Waals surface area contributed by atoms with Gasteiger partial charge in [0, 0.05) is 34.9 Å². The molecule has 0 aliphatic carbocycles. The number of nitrogens with zero attached hydrogens (tertiary/aromatic N) is 2. The highest BCUT2D eigenvalue weighted by molar-refractivity contribution is 6.30. The fraction of sp³-hybridized carbons (Fsp3) is 0.222. The first kappa shape index (κ1) is 25.2. The number of aliphatic carboxylic acids is 1. The zero-order chi connectivity index (χ0) is 26.0. The molecule has 0 spiro atoms. The average molecular weight is 511 g/mol. The molecule has 7 nitrogen and oxygen atoms in total. The Bertz CT molecular complexity index is 1280. The Kier molecular flexibility index (Phi) is 7.26. The van der Waals surface area contributed by atoms with Crippen molar-refractivity contribution in [2.75, 3.05) is 9.80 Å². The normalized spacial score (nSPS) is 17.6. The number of halogens is 2. The molecule has 0 radical (unpaired) electrons. The van der Waals surface area contributed by atoms with Gasteiger partial charge in [-0.1, -0.05) is 29.8 Å². The number of amides is 2. The summed E-state index contributed by atoms with van der Waals surface area (Å²) in [5, 5.41) is 9.23. The Labute approximate surface area is 212 Å². The largest absolute Gasteiger partial charge is 0.476 e. The second kappa shape index (κ2) is 10.4. The van der Waals surface area contributed by atoms with E-state index < -0.39 is 12.3 Å². The lowest BCUT2D eigenvalue weighted by atomic mass is 9.89. The lowest BCUT2D eigenvalue weighted by molar-refractivity contribution is -0.153. The summed E-state index contributed by atoms with van der Waals surface area (Å²) in [6.07, 6.45) is -2.00. The standard InChI is InChI=1S/C27H24ClFN2O5/c1-16-15-24(31(17(2)32)20-11-9-19(28)10-12-20)22-5-3-4-6-23(22)30(16)26(33)18-7-13-21(14-8-18)36-25(29)27(34)35/h3-14,16,24-25H,15H2,1-2H3,(H,34,35)/t16?,24?,25-/m1/s1. The van der Waals surface area contributed by atoms with E-state index in [0.29, 0.717) is 28.4 Å². The highest BCUT2D eigenvalue weighted by Crippen LogP contribution is 2.43. The first-order valence-corrected chi connectivity index (χ1v) is 11.7. The van der Waals surface area contributed by atoms with Crippen molar-refractivity contribution in [2.45, 2.75) is 38.7 Å². The molecule has 186 valence electrons. The van der Waals surface area contributed by atoms with Gasteiger partial charge in [-0.2, -0.15) is 4.39 Å². The Balaban J connectivity index is 1.66. The Hall–Kier alpha value is -3.91. The third kappa shape index (κ3) is 5.04. The van der Waals surface area contributed by atoms with Crippen LogP contribution in [0.3, 0.4) is 0 Å². The maximum atomic E-state index is 13.6. The molecule has 1 aliphatic rings. The van der Waals surface area contributed by atoms with Crippen LogP contribution in [-0.2, 0) is 9.59 Å². The van der Waals surface area contributed by atoms with Crippen LogP contribution in [0.2, 0.25) is 5.02 Å². The predicted molar refractivity (Wildman–Crippen MR) is 134 cm³/mol. The van der Waals surface area contributed by atoms with Crippen LogP contribution >= 0.6 is 11.6 Å². The number of alkyl halides is 1. The summed E-state index contributed by atoms with van der Waals surface area (Å²) in [6, 6.07) is 19.6. The average Bonchev–Trinajstić information content (AvgIpc) is 2.85. The third-order valence-electron chi connectivity index (χ3n) is 6.07. The summed E-state index contributed by atoms with van der Waals surface area (Å²) in [5.41, 5.74) is 2.55. The molecule has 3 aromatic carbocycles. The first-order valence-electron chi connectivity index (χ1n) is 11.3. The number of hydrogen-bond acceptors (Lipinski definition) is 4. The van der Waals surface area contributed by atoms with Gasteiger partial charge in [0.1, 0.15) is 5.75 Å². The van der Waals surface area contributed by atoms with E-state index in [9.17, 15) is 18.8 Å². The predicted octanol–water partition coefficient (Wildman–Crippen LogP) is 5.63. The summed E-state index contributed by atoms with van der Waals surface area (Å²) in [4.78, 5) is 40.4. The molecule has 3 aromatic rings. The van der Waals surface area contributed by atoms with Crippen LogP contribution in [0.25, 0.3) is 0 Å². The van der Waals surface area contributed by atoms with Crippen LogP contribution in [-0.4, -0.2) is 35.3 Å². The molecule has 1 aliphatic heterocycles. The van der Waals surface area contributed by atoms with Crippen molar-refractivity contribution in [1.82, 2.24) is 0 Å². The van der Waals surface area contributed by atoms with Gasteiger partial charge in [-0.05, 0) is 73.5 Å². The highest BCUT2D eigenvalue weighted by Gasteiger charge is 2.38. The van der Waals surface area contributed by atoms with Gasteiger partial charge < -0.3 is 19.6 Å². The molecular weight excluding hydrogens is 487 g/mol. The fourth-order valence-electron chi connectivity index (χ4n) is 4.50. The number of carboxylic acid groups (broad SMARTS) is 1. The molecule has 0 aromatic heterocycles. The van der Waals surface area contributed by atoms with Crippen LogP contribution < -0.4 is 14.5 Å². The summed E-state index contributed by atoms with van der Waals surface area (Å²) in [5.74, 6) is -2.15. The van der Waals surface area contributed by atoms with Crippen molar-refractivity contribution >= 4 is 40.8 Å². The minimum absolute atomic E-state index is 0.00586. The van der Waals surface area contributed by atoms with Gasteiger partial charge in [-0.3, -0.25) is 9.59 Å². The topological polar surface area (TPSA) is 87.2 Å². The number of carbonyl (C=O) groups is 3. The van der Waals surface area contributed by atoms with Gasteiger partial charge in [0.05, 0.1) is 6.04 Å². The van der Waals surface area contributed by atoms with Crippen LogP contribution in [0.4, 0.5) is 15.8 Å². The smallest absolute Gasteiger partial charge is 0.378 e. The minimum Gasteiger partial charge on any atom is -0.476 e. The van der Waals surface area contributed by atoms with Crippen molar-refractivity contribution in [3.8, 4) is 5.75 Å². The SMILES string of the molecule is CC(=O)N(c1ccc(Cl)cc1)C1CC(C)N(C(=O)c2ccc(O[C@@H](F)C(=O)O)cc2)c2ccccc21. The zero-order valence-corrected chi connectivity index (χ0v) is 20.4. The number of ether oxygens (including phenoxy) is 1. The zero-order valence-electron chi connectivity index (χ0n) is 19.6. The van der Waals surface area contributed by atoms with Crippen molar-refractivity contribution in [2.24, 2.45) is 0 Å². The first-order chi connectivity index (χ1) is 17.2. The van der Waals surface area contributed by atoms with E-state index in [1.165, 1.54) is 31.2 Å². The van der Waals surface area contributed by atoms with E-state index in [-0.39, 0.29) is 29.6 Å². The number of hydrogen-bond donors (Lipinski definition) is 1. The Morgan fingerprint density at radius 3 is 2.31 bits per heavy atom. The van der Waals surface area contributed by atoms with Crippen molar-refractivity contribution < 1.29 is 28.6 Å². The third-order valence-corrected chi connectivity index (χ3v) is 6.32. The van der Waals surface area contributed by atoms with Gasteiger partial charge in [-0.25, -0.2) is 4.79 Å². The molecule has 0 fully saturated rings. The van der Waals surface area contributed by atoms with Gasteiger partial charge in [0.15, 0.2) is 0 Å². The molecule has 2 unspecified atom stereocenters. The molecule has 4 rings (SSSR count). The summed E-state index contributed by atoms with van der Waals surface area (Å²) < 4.78 is 18.1. The number of rotatable bonds is 6. The number of anilines is 2. The summed E-state index contributed by atoms with van der Waals surface area (Å²) >= 11 is 6.05. The van der Waals surface area contributed by atoms with Crippen LogP contribution in [0.15, 0.2) is 72.8 Å². The molecular formula is C27H24ClFN2O5. The van der Waals surface area contributed by atoms with Crippen LogP contribution in [0.5, 0.6) is 5.75 Å². The maximum Gasteiger partial charge on any atom is 0.378 e. The molecule has 36 heavy (non-hydrogen) atoms. The van der Waals surface area contributed by atoms with E-state index in [1.807, 2.05) is 31.2 Å². The van der Waals surface area contributed by atoms with Gasteiger partial charge in [0.2, 0.25) is 5.91 Å². The lowest BCUT2D eigenvalue weighted by Crippen LogP contribution is -2.47. The second-order valence-electron chi connectivity index (χ2n) is 8.50. The number of para-hydroxylation sites is 1. The molecule has 0 saturated heterocycles. The fourth-order valence-corrected chi connectivity index (χ4v) is 4.63. The highest BCUT2D eigenvalue weighted by atomic mass is 35.5. The van der Waals surface area contributed by atoms with E-state index in [2.05, 4.69) is 0 Å². The van der Waals surface area contributed by atoms with Crippen molar-refractivity contribution in [1.29, 1.82) is 0 Å². The van der Waals surface area contributed by atoms with Crippen LogP contribution in [0, 0.1) is 0 Å². The lowest BCUT2D eigenvalue weighted by Gasteiger charge is -2.43. The molecule has 1 heterocycles. The van der Waals surface area contributed by atoms with Gasteiger partial charge >= 0.3 is 12.3 Å². The number of fused-ring (bicyclic) bond motifs is 1. The minimum atomic E-state index is -2.50. The molecule has 9 heteroatoms. The summed E-state index contributed by atoms with van der Waals surface area (Å²) in [6.45, 7) is 3.43. The van der Waals surface area contributed by atoms with Crippen molar-refractivity contribution in [3.05, 3.63) is 88.9 Å². The Morgan fingerprint density at radius 1 is 1.06 bits per heavy atom. The van der Waals surface area contributed by atoms with E-state index >= 15 is 0 Å². The summed E-state index contributed by atoms with van der Waals surface area (Å²) in [7, 11) is 0. The second-order valence-corrected chi connectivity index (χ2v) is 8.93. The number of carbonyl (C=O) groups excluding carboxylic acids is 2. The van der Waals surface area contributed by atoms with Crippen LogP contribution in [0.1, 0.15) is 42.2 Å². The molecule has 1 N–H and O–H groups in total. The number of benzene rings is 3.